The van der Waals surface area contributed by atoms with E-state index in [-0.39, 0.29) is 0 Å². The van der Waals surface area contributed by atoms with Crippen molar-refractivity contribution in [2.75, 3.05) is 5.73 Å². The second-order valence-electron chi connectivity index (χ2n) is 1.75. The zero-order chi connectivity index (χ0) is 6.85. The molecule has 1 aromatic heterocycles. The second-order valence-corrected chi connectivity index (χ2v) is 1.75. The molecule has 0 fully saturated rings. The molecule has 0 aromatic carbocycles. The van der Waals surface area contributed by atoms with Gasteiger partial charge >= 0.3 is 0 Å². The van der Waals surface area contributed by atoms with E-state index in [9.17, 15) is 0 Å². The Morgan fingerprint density at radius 1 is 1.67 bits per heavy atom. The van der Waals surface area contributed by atoms with Crippen molar-refractivity contribution < 1.29 is 0 Å². The molecule has 0 aliphatic carbocycles. The van der Waals surface area contributed by atoms with Gasteiger partial charge in [-0.15, -0.1) is 5.10 Å². The Morgan fingerprint density at radius 3 is 2.56 bits per heavy atom. The molecular formula is C4H9N5. The summed E-state index contributed by atoms with van der Waals surface area (Å²) in [6, 6.07) is 0. The number of rotatable bonds is 1. The first kappa shape index (κ1) is 6.03. The molecular weight excluding hydrogens is 118 g/mol. The van der Waals surface area contributed by atoms with Crippen molar-refractivity contribution in [2.24, 2.45) is 12.8 Å². The Bertz CT molecular complexity index is 203. The predicted octanol–water partition coefficient (Wildman–Crippen LogP) is -1.14. The number of aromatic nitrogens is 3. The van der Waals surface area contributed by atoms with E-state index in [1.54, 1.807) is 7.05 Å². The molecule has 5 heteroatoms. The highest BCUT2D eigenvalue weighted by Crippen LogP contribution is 2.02. The second kappa shape index (κ2) is 2.02. The molecule has 1 aromatic rings. The molecule has 4 N–H and O–H groups in total. The van der Waals surface area contributed by atoms with Gasteiger partial charge < -0.3 is 11.5 Å². The van der Waals surface area contributed by atoms with E-state index < -0.39 is 0 Å². The summed E-state index contributed by atoms with van der Waals surface area (Å²) in [4.78, 5) is 0. The third-order valence-electron chi connectivity index (χ3n) is 1.14. The fourth-order valence-corrected chi connectivity index (χ4v) is 0.553. The van der Waals surface area contributed by atoms with E-state index in [0.29, 0.717) is 18.1 Å². The maximum absolute atomic E-state index is 5.47. The normalized spacial score (nSPS) is 10.0. The first-order valence-corrected chi connectivity index (χ1v) is 2.59. The molecule has 1 heterocycles. The minimum Gasteiger partial charge on any atom is -0.382 e. The molecule has 0 aliphatic heterocycles. The van der Waals surface area contributed by atoms with Crippen molar-refractivity contribution in [2.45, 2.75) is 6.54 Å². The van der Waals surface area contributed by atoms with Gasteiger partial charge in [-0.25, -0.2) is 4.68 Å². The zero-order valence-electron chi connectivity index (χ0n) is 5.20. The van der Waals surface area contributed by atoms with Crippen molar-refractivity contribution in [3.05, 3.63) is 5.69 Å². The highest BCUT2D eigenvalue weighted by atomic mass is 15.4. The van der Waals surface area contributed by atoms with Crippen LogP contribution in [0.15, 0.2) is 0 Å². The Kier molecular flexibility index (Phi) is 1.35. The molecule has 0 radical (unpaired) electrons. The van der Waals surface area contributed by atoms with E-state index >= 15 is 0 Å². The van der Waals surface area contributed by atoms with Gasteiger partial charge in [-0.3, -0.25) is 0 Å². The average molecular weight is 127 g/mol. The topological polar surface area (TPSA) is 82.8 Å². The van der Waals surface area contributed by atoms with Crippen LogP contribution in [0.25, 0.3) is 0 Å². The molecule has 0 saturated carbocycles. The van der Waals surface area contributed by atoms with Crippen LogP contribution in [0.4, 0.5) is 5.82 Å². The van der Waals surface area contributed by atoms with E-state index in [1.807, 2.05) is 0 Å². The van der Waals surface area contributed by atoms with Crippen LogP contribution >= 0.6 is 0 Å². The highest BCUT2D eigenvalue weighted by Gasteiger charge is 2.01. The van der Waals surface area contributed by atoms with Crippen LogP contribution in [-0.2, 0) is 13.6 Å². The van der Waals surface area contributed by atoms with Crippen LogP contribution in [0.1, 0.15) is 5.69 Å². The molecule has 9 heavy (non-hydrogen) atoms. The van der Waals surface area contributed by atoms with Crippen molar-refractivity contribution in [3.8, 4) is 0 Å². The minimum atomic E-state index is 0.347. The molecule has 0 atom stereocenters. The lowest BCUT2D eigenvalue weighted by atomic mass is 10.4. The van der Waals surface area contributed by atoms with Gasteiger partial charge in [0.05, 0.1) is 0 Å². The van der Waals surface area contributed by atoms with Crippen molar-refractivity contribution >= 4 is 5.82 Å². The number of nitrogens with two attached hydrogens (primary N) is 2. The third kappa shape index (κ3) is 0.857. The quantitative estimate of drug-likeness (QED) is 0.499. The fraction of sp³-hybridized carbons (Fsp3) is 0.500. The lowest BCUT2D eigenvalue weighted by Crippen LogP contribution is -2.03. The highest BCUT2D eigenvalue weighted by molar-refractivity contribution is 5.32. The van der Waals surface area contributed by atoms with Crippen LogP contribution in [0.3, 0.4) is 0 Å². The van der Waals surface area contributed by atoms with Gasteiger partial charge in [-0.2, -0.15) is 0 Å². The van der Waals surface area contributed by atoms with Crippen LogP contribution in [0.2, 0.25) is 0 Å². The SMILES string of the molecule is Cn1nnc(CN)c1N. The standard InChI is InChI=1S/C4H9N5/c1-9-4(6)3(2-5)7-8-9/h2,5-6H2,1H3. The smallest absolute Gasteiger partial charge is 0.146 e. The molecule has 0 saturated heterocycles. The minimum absolute atomic E-state index is 0.347. The van der Waals surface area contributed by atoms with E-state index in [1.165, 1.54) is 4.68 Å². The van der Waals surface area contributed by atoms with Crippen molar-refractivity contribution in [1.82, 2.24) is 15.0 Å². The summed E-state index contributed by atoms with van der Waals surface area (Å²) < 4.78 is 1.49. The van der Waals surface area contributed by atoms with Crippen LogP contribution < -0.4 is 11.5 Å². The zero-order valence-corrected chi connectivity index (χ0v) is 5.20. The molecule has 0 amide bonds. The number of hydrogen-bond acceptors (Lipinski definition) is 4. The summed E-state index contributed by atoms with van der Waals surface area (Å²) in [7, 11) is 1.72. The maximum Gasteiger partial charge on any atom is 0.146 e. The van der Waals surface area contributed by atoms with Crippen molar-refractivity contribution in [3.63, 3.8) is 0 Å². The maximum atomic E-state index is 5.47. The summed E-state index contributed by atoms with van der Waals surface area (Å²) in [5, 5.41) is 7.35. The van der Waals surface area contributed by atoms with Gasteiger partial charge in [0.25, 0.3) is 0 Å². The summed E-state index contributed by atoms with van der Waals surface area (Å²) in [6.45, 7) is 0.347. The number of aryl methyl sites for hydroxylation is 1. The van der Waals surface area contributed by atoms with E-state index in [0.717, 1.165) is 0 Å². The van der Waals surface area contributed by atoms with Gasteiger partial charge in [0.2, 0.25) is 0 Å². The number of hydrogen-bond donors (Lipinski definition) is 2. The molecule has 0 spiro atoms. The summed E-state index contributed by atoms with van der Waals surface area (Å²) >= 11 is 0. The predicted molar refractivity (Wildman–Crippen MR) is 33.3 cm³/mol. The monoisotopic (exact) mass is 127 g/mol. The first-order chi connectivity index (χ1) is 4.25. The average Bonchev–Trinajstić information content (AvgIpc) is 2.15. The van der Waals surface area contributed by atoms with Crippen LogP contribution in [0, 0.1) is 0 Å². The Balaban J connectivity index is 3.04. The molecule has 0 bridgehead atoms. The van der Waals surface area contributed by atoms with Gasteiger partial charge in [-0.05, 0) is 0 Å². The Morgan fingerprint density at radius 2 is 2.33 bits per heavy atom. The van der Waals surface area contributed by atoms with Crippen LogP contribution in [0.5, 0.6) is 0 Å². The van der Waals surface area contributed by atoms with Gasteiger partial charge in [0.1, 0.15) is 11.5 Å². The van der Waals surface area contributed by atoms with Gasteiger partial charge in [0.15, 0.2) is 0 Å². The van der Waals surface area contributed by atoms with E-state index in [4.69, 9.17) is 11.5 Å². The molecule has 50 valence electrons. The number of anilines is 1. The molecule has 0 aliphatic rings. The number of nitrogens with zero attached hydrogens (tertiary/aromatic N) is 3. The fourth-order valence-electron chi connectivity index (χ4n) is 0.553. The van der Waals surface area contributed by atoms with Crippen molar-refractivity contribution in [1.29, 1.82) is 0 Å². The largest absolute Gasteiger partial charge is 0.382 e. The van der Waals surface area contributed by atoms with E-state index in [2.05, 4.69) is 10.3 Å². The summed E-state index contributed by atoms with van der Waals surface area (Å²) in [5.41, 5.74) is 11.4. The van der Waals surface area contributed by atoms with Crippen LogP contribution in [-0.4, -0.2) is 15.0 Å². The van der Waals surface area contributed by atoms with Gasteiger partial charge in [0, 0.05) is 13.6 Å². The first-order valence-electron chi connectivity index (χ1n) is 2.59. The molecule has 1 rings (SSSR count). The lowest BCUT2D eigenvalue weighted by Gasteiger charge is -1.91. The Hall–Kier alpha value is -1.10. The Labute approximate surface area is 52.6 Å². The summed E-state index contributed by atoms with van der Waals surface area (Å²) in [5.74, 6) is 0.539. The summed E-state index contributed by atoms with van der Waals surface area (Å²) in [6.07, 6.45) is 0. The van der Waals surface area contributed by atoms with Gasteiger partial charge in [-0.1, -0.05) is 5.21 Å². The molecule has 5 nitrogen and oxygen atoms in total. The number of nitrogen functional groups attached to an aromatic ring is 1. The third-order valence-corrected chi connectivity index (χ3v) is 1.14. The lowest BCUT2D eigenvalue weighted by molar-refractivity contribution is 0.720. The molecule has 0 unspecified atom stereocenters.